The van der Waals surface area contributed by atoms with E-state index >= 15 is 0 Å². The van der Waals surface area contributed by atoms with Gasteiger partial charge in [0, 0.05) is 28.6 Å². The summed E-state index contributed by atoms with van der Waals surface area (Å²) in [5, 5.41) is 11.1. The number of non-ortho nitro benzene ring substituents is 1. The molecular formula is C21H15F2N2O6PS. The Bertz CT molecular complexity index is 1260. The van der Waals surface area contributed by atoms with E-state index in [9.17, 15) is 28.6 Å². The maximum atomic E-state index is 14.8. The number of fused-ring (bicyclic) bond motifs is 1. The third-order valence-corrected chi connectivity index (χ3v) is 6.91. The van der Waals surface area contributed by atoms with Crippen molar-refractivity contribution in [1.82, 2.24) is 0 Å². The number of halogens is 2. The quantitative estimate of drug-likeness (QED) is 0.155. The van der Waals surface area contributed by atoms with Gasteiger partial charge in [0.15, 0.2) is 0 Å². The minimum Gasteiger partial charge on any atom is -0.422 e. The molecule has 0 spiro atoms. The number of hydrogen-bond donors (Lipinski definition) is 1. The topological polar surface area (TPSA) is 111 Å². The summed E-state index contributed by atoms with van der Waals surface area (Å²) >= 11 is 1.05. The number of esters is 1. The summed E-state index contributed by atoms with van der Waals surface area (Å²) in [6, 6.07) is 10.2. The molecule has 1 N–H and O–H groups in total. The number of alkyl halides is 2. The summed E-state index contributed by atoms with van der Waals surface area (Å²) in [6.07, 6.45) is 3.89. The van der Waals surface area contributed by atoms with E-state index in [2.05, 4.69) is 4.99 Å². The van der Waals surface area contributed by atoms with Crippen molar-refractivity contribution < 1.29 is 32.7 Å². The highest BCUT2D eigenvalue weighted by molar-refractivity contribution is 7.47. The van der Waals surface area contributed by atoms with E-state index in [0.29, 0.717) is 10.1 Å². The molecule has 0 bridgehead atoms. The summed E-state index contributed by atoms with van der Waals surface area (Å²) < 4.78 is 40.5. The maximum Gasteiger partial charge on any atom is 0.353 e. The van der Waals surface area contributed by atoms with Crippen LogP contribution >= 0.6 is 19.7 Å². The van der Waals surface area contributed by atoms with Crippen LogP contribution in [0, 0.1) is 10.1 Å². The van der Waals surface area contributed by atoms with Crippen molar-refractivity contribution in [3.63, 3.8) is 0 Å². The van der Waals surface area contributed by atoms with E-state index in [1.54, 1.807) is 12.2 Å². The van der Waals surface area contributed by atoms with Gasteiger partial charge in [-0.05, 0) is 41.8 Å². The van der Waals surface area contributed by atoms with Crippen LogP contribution in [0.15, 0.2) is 65.7 Å². The van der Waals surface area contributed by atoms with Crippen molar-refractivity contribution in [2.24, 2.45) is 4.99 Å². The first-order chi connectivity index (χ1) is 15.7. The molecule has 0 amide bonds. The van der Waals surface area contributed by atoms with Crippen molar-refractivity contribution in [3.05, 3.63) is 81.2 Å². The van der Waals surface area contributed by atoms with Crippen LogP contribution < -0.4 is 4.74 Å². The zero-order chi connectivity index (χ0) is 23.6. The Labute approximate surface area is 190 Å². The van der Waals surface area contributed by atoms with Gasteiger partial charge in [0.1, 0.15) is 16.7 Å². The van der Waals surface area contributed by atoms with Gasteiger partial charge in [-0.25, -0.2) is 4.79 Å². The number of ether oxygens (including phenoxy) is 1. The van der Waals surface area contributed by atoms with Gasteiger partial charge in [-0.3, -0.25) is 15.1 Å². The van der Waals surface area contributed by atoms with Crippen molar-refractivity contribution in [2.75, 3.05) is 6.54 Å². The lowest BCUT2D eigenvalue weighted by atomic mass is 10.1. The van der Waals surface area contributed by atoms with Crippen LogP contribution in [0.3, 0.4) is 0 Å². The van der Waals surface area contributed by atoms with E-state index < -0.39 is 36.6 Å². The number of carbonyl (C=O) groups excluding carboxylic acids is 1. The van der Waals surface area contributed by atoms with Gasteiger partial charge < -0.3 is 14.2 Å². The lowest BCUT2D eigenvalue weighted by molar-refractivity contribution is -0.384. The molecule has 170 valence electrons. The van der Waals surface area contributed by atoms with Crippen LogP contribution in [0.4, 0.5) is 14.5 Å². The number of aliphatic imine (C=N–C) groups is 1. The van der Waals surface area contributed by atoms with E-state index in [1.165, 1.54) is 54.7 Å². The van der Waals surface area contributed by atoms with Crippen LogP contribution in [-0.2, 0) is 10.2 Å². The van der Waals surface area contributed by atoms with Gasteiger partial charge in [-0.1, -0.05) is 12.1 Å². The first-order valence-electron chi connectivity index (χ1n) is 9.45. The van der Waals surface area contributed by atoms with E-state index in [0.717, 1.165) is 11.3 Å². The fourth-order valence-electron chi connectivity index (χ4n) is 2.96. The standard InChI is InChI=1S/C21H15F2N2O6PS/c22-21(23,32(29)31-17-2-1-9-24-12-17)14-3-8-18-13(10-14)11-19(33-18)20(26)30-16-6-4-15(5-7-16)25(27)28/h1-11,17,29H,12H2. The molecule has 3 aromatic rings. The molecule has 0 saturated heterocycles. The summed E-state index contributed by atoms with van der Waals surface area (Å²) in [4.78, 5) is 36.7. The smallest absolute Gasteiger partial charge is 0.353 e. The number of nitrogens with zero attached hydrogens (tertiary/aromatic N) is 2. The van der Waals surface area contributed by atoms with Gasteiger partial charge >= 0.3 is 11.6 Å². The Morgan fingerprint density at radius 1 is 1.24 bits per heavy atom. The summed E-state index contributed by atoms with van der Waals surface area (Å²) in [6.45, 7) is 0.149. The average molecular weight is 492 g/mol. The number of rotatable bonds is 7. The highest BCUT2D eigenvalue weighted by Gasteiger charge is 2.44. The molecule has 1 aliphatic heterocycles. The average Bonchev–Trinajstić information content (AvgIpc) is 3.24. The van der Waals surface area contributed by atoms with Crippen molar-refractivity contribution >= 4 is 47.7 Å². The molecule has 8 nitrogen and oxygen atoms in total. The number of dihydropyridines is 1. The fraction of sp³-hybridized carbons (Fsp3) is 0.143. The SMILES string of the molecule is O=C(Oc1ccc([N+](=O)[O-])cc1)c1cc2cc(C(F)(F)P(O)OC3C=CC=NC3)ccc2s1. The summed E-state index contributed by atoms with van der Waals surface area (Å²) in [5.74, 6) is -0.616. The van der Waals surface area contributed by atoms with Crippen LogP contribution in [0.1, 0.15) is 15.2 Å². The highest BCUT2D eigenvalue weighted by atomic mass is 32.1. The second kappa shape index (κ2) is 9.40. The lowest BCUT2D eigenvalue weighted by Gasteiger charge is -2.25. The number of nitro benzene ring substituents is 1. The molecule has 2 atom stereocenters. The lowest BCUT2D eigenvalue weighted by Crippen LogP contribution is -2.19. The molecule has 33 heavy (non-hydrogen) atoms. The molecule has 1 aliphatic rings. The van der Waals surface area contributed by atoms with Crippen molar-refractivity contribution in [2.45, 2.75) is 11.8 Å². The Balaban J connectivity index is 1.50. The number of nitro groups is 1. The summed E-state index contributed by atoms with van der Waals surface area (Å²) in [7, 11) is -3.12. The van der Waals surface area contributed by atoms with Crippen LogP contribution in [0.2, 0.25) is 0 Å². The molecule has 1 aromatic heterocycles. The van der Waals surface area contributed by atoms with Gasteiger partial charge in [-0.2, -0.15) is 8.78 Å². The Hall–Kier alpha value is -3.11. The number of carbonyl (C=O) groups is 1. The van der Waals surface area contributed by atoms with Crippen LogP contribution in [0.5, 0.6) is 5.75 Å². The molecule has 0 saturated carbocycles. The monoisotopic (exact) mass is 492 g/mol. The first-order valence-corrected chi connectivity index (χ1v) is 11.5. The highest BCUT2D eigenvalue weighted by Crippen LogP contribution is 2.57. The third kappa shape index (κ3) is 5.12. The fourth-order valence-corrected chi connectivity index (χ4v) is 4.76. The van der Waals surface area contributed by atoms with Crippen molar-refractivity contribution in [3.8, 4) is 5.75 Å². The number of thiophene rings is 1. The second-order valence-electron chi connectivity index (χ2n) is 6.86. The zero-order valence-electron chi connectivity index (χ0n) is 16.6. The molecule has 0 aliphatic carbocycles. The molecule has 2 unspecified atom stereocenters. The van der Waals surface area contributed by atoms with Gasteiger partial charge in [0.05, 0.1) is 11.5 Å². The number of benzene rings is 2. The molecule has 2 heterocycles. The largest absolute Gasteiger partial charge is 0.422 e. The minimum absolute atomic E-state index is 0.111. The minimum atomic E-state index is -3.64. The van der Waals surface area contributed by atoms with E-state index in [-0.39, 0.29) is 22.9 Å². The summed E-state index contributed by atoms with van der Waals surface area (Å²) in [5.41, 5.74) is -4.23. The third-order valence-electron chi connectivity index (χ3n) is 4.60. The van der Waals surface area contributed by atoms with E-state index in [1.807, 2.05) is 0 Å². The van der Waals surface area contributed by atoms with Gasteiger partial charge in [0.2, 0.25) is 8.38 Å². The van der Waals surface area contributed by atoms with Gasteiger partial charge in [0.25, 0.3) is 5.69 Å². The molecule has 0 fully saturated rings. The van der Waals surface area contributed by atoms with Crippen molar-refractivity contribution in [1.29, 1.82) is 0 Å². The number of allylic oxidation sites excluding steroid dienone is 1. The van der Waals surface area contributed by atoms with E-state index in [4.69, 9.17) is 9.26 Å². The second-order valence-corrected chi connectivity index (χ2v) is 9.26. The van der Waals surface area contributed by atoms with Crippen LogP contribution in [-0.4, -0.2) is 34.6 Å². The Morgan fingerprint density at radius 2 is 2.00 bits per heavy atom. The molecule has 2 aromatic carbocycles. The predicted octanol–water partition coefficient (Wildman–Crippen LogP) is 5.41. The molecule has 0 radical (unpaired) electrons. The molecule has 4 rings (SSSR count). The number of hydrogen-bond acceptors (Lipinski definition) is 8. The molecule has 12 heteroatoms. The van der Waals surface area contributed by atoms with Gasteiger partial charge in [-0.15, -0.1) is 11.3 Å². The predicted molar refractivity (Wildman–Crippen MR) is 120 cm³/mol. The first kappa shape index (κ1) is 23.1. The normalized spacial score (nSPS) is 16.6. The van der Waals surface area contributed by atoms with Crippen LogP contribution in [0.25, 0.3) is 10.1 Å². The maximum absolute atomic E-state index is 14.8. The Morgan fingerprint density at radius 3 is 2.67 bits per heavy atom. The molecular weight excluding hydrogens is 477 g/mol. The zero-order valence-corrected chi connectivity index (χ0v) is 18.3. The Kier molecular flexibility index (Phi) is 6.57.